The first kappa shape index (κ1) is 35.8. The highest BCUT2D eigenvalue weighted by molar-refractivity contribution is 7.12. The van der Waals surface area contributed by atoms with Crippen LogP contribution in [0.25, 0.3) is 16.7 Å². The second kappa shape index (κ2) is 13.8. The van der Waals surface area contributed by atoms with Gasteiger partial charge in [0.1, 0.15) is 40.3 Å². The number of hydrogen-bond acceptors (Lipinski definition) is 13. The summed E-state index contributed by atoms with van der Waals surface area (Å²) in [5.74, 6) is -3.33. The first-order valence-corrected chi connectivity index (χ1v) is 15.4. The number of thiophene rings is 1. The summed E-state index contributed by atoms with van der Waals surface area (Å²) in [4.78, 5) is 47.0. The van der Waals surface area contributed by atoms with Gasteiger partial charge in [-0.05, 0) is 31.4 Å². The van der Waals surface area contributed by atoms with Crippen molar-refractivity contribution in [2.45, 2.75) is 44.0 Å². The Kier molecular flexibility index (Phi) is 9.89. The average molecular weight is 716 g/mol. The van der Waals surface area contributed by atoms with Gasteiger partial charge in [0.2, 0.25) is 0 Å². The van der Waals surface area contributed by atoms with Gasteiger partial charge in [-0.15, -0.1) is 11.3 Å². The number of methoxy groups -OCH3 is 1. The van der Waals surface area contributed by atoms with Gasteiger partial charge < -0.3 is 39.7 Å². The Morgan fingerprint density at radius 1 is 1.10 bits per heavy atom. The number of aliphatic hydroxyl groups excluding tert-OH is 2. The number of aliphatic hydroxyl groups is 3. The molecule has 1 aliphatic rings. The third kappa shape index (κ3) is 6.23. The second-order valence-corrected chi connectivity index (χ2v) is 12.1. The van der Waals surface area contributed by atoms with Crippen LogP contribution in [0.5, 0.6) is 11.5 Å². The number of hydrogen-bond donors (Lipinski definition) is 6. The van der Waals surface area contributed by atoms with Crippen molar-refractivity contribution in [3.8, 4) is 17.2 Å². The first-order valence-electron chi connectivity index (χ1n) is 14.5. The summed E-state index contributed by atoms with van der Waals surface area (Å²) in [5.41, 5.74) is -4.69. The summed E-state index contributed by atoms with van der Waals surface area (Å²) in [6, 6.07) is 9.67. The molecule has 0 radical (unpaired) electrons. The van der Waals surface area contributed by atoms with E-state index >= 15 is 4.39 Å². The molecule has 4 atom stereocenters. The molecule has 1 fully saturated rings. The van der Waals surface area contributed by atoms with Crippen LogP contribution in [0.3, 0.4) is 0 Å². The molecule has 1 saturated heterocycles. The number of rotatable bonds is 9. The number of fused-ring (bicyclic) bond motifs is 1. The van der Waals surface area contributed by atoms with E-state index < -0.39 is 64.8 Å². The number of halogens is 1. The van der Waals surface area contributed by atoms with Gasteiger partial charge in [0.15, 0.2) is 23.0 Å². The molecule has 0 bridgehead atoms. The first-order chi connectivity index (χ1) is 23.7. The molecule has 1 aliphatic heterocycles. The van der Waals surface area contributed by atoms with Crippen LogP contribution in [0.1, 0.15) is 39.4 Å². The maximum Gasteiger partial charge on any atom is 0.346 e. The lowest BCUT2D eigenvalue weighted by atomic mass is 9.88. The van der Waals surface area contributed by atoms with Crippen molar-refractivity contribution in [1.82, 2.24) is 24.5 Å². The lowest BCUT2D eigenvalue weighted by Gasteiger charge is -2.37. The highest BCUT2D eigenvalue weighted by Gasteiger charge is 2.61. The van der Waals surface area contributed by atoms with Crippen LogP contribution in [0.4, 0.5) is 4.39 Å². The Hall–Kier alpha value is -5.47. The maximum absolute atomic E-state index is 15.3. The van der Waals surface area contributed by atoms with E-state index in [9.17, 15) is 34.5 Å². The zero-order valence-corrected chi connectivity index (χ0v) is 27.3. The van der Waals surface area contributed by atoms with Crippen LogP contribution in [0.15, 0.2) is 63.6 Å². The number of carbonyl (C=O) groups is 2. The van der Waals surface area contributed by atoms with E-state index in [4.69, 9.17) is 24.4 Å². The van der Waals surface area contributed by atoms with Crippen LogP contribution >= 0.6 is 11.3 Å². The molecule has 6 rings (SSSR count). The summed E-state index contributed by atoms with van der Waals surface area (Å²) in [6.45, 7) is 1.88. The summed E-state index contributed by atoms with van der Waals surface area (Å²) >= 11 is 0.906. The van der Waals surface area contributed by atoms with E-state index in [1.54, 1.807) is 18.2 Å². The van der Waals surface area contributed by atoms with Crippen molar-refractivity contribution in [2.24, 2.45) is 0 Å². The minimum absolute atomic E-state index is 0.0100. The number of benzene rings is 2. The molecule has 50 heavy (non-hydrogen) atoms. The molecular weight excluding hydrogens is 685 g/mol. The van der Waals surface area contributed by atoms with Gasteiger partial charge in [-0.3, -0.25) is 9.36 Å². The van der Waals surface area contributed by atoms with Gasteiger partial charge in [-0.1, -0.05) is 12.1 Å². The lowest BCUT2D eigenvalue weighted by Crippen LogP contribution is -2.58. The molecule has 0 aliphatic carbocycles. The van der Waals surface area contributed by atoms with E-state index in [0.717, 1.165) is 40.3 Å². The fraction of sp³-hybridized carbons (Fsp3) is 0.290. The smallest absolute Gasteiger partial charge is 0.346 e. The van der Waals surface area contributed by atoms with E-state index in [2.05, 4.69) is 15.4 Å². The molecular formula is C31H30FN5O12S. The number of para-hydroxylation sites is 1. The zero-order valence-electron chi connectivity index (χ0n) is 26.4. The van der Waals surface area contributed by atoms with Gasteiger partial charge >= 0.3 is 17.6 Å². The fourth-order valence-electron chi connectivity index (χ4n) is 5.39. The third-order valence-electron chi connectivity index (χ3n) is 8.25. The van der Waals surface area contributed by atoms with Crippen molar-refractivity contribution >= 4 is 34.3 Å². The van der Waals surface area contributed by atoms with Gasteiger partial charge in [-0.2, -0.15) is 15.4 Å². The highest BCUT2D eigenvalue weighted by atomic mass is 32.1. The SMILES string of the molecule is COc1cc(F)c(-n2c(=O)ccn([C@]3(C)O[C@H](CO)[C@@H](O)[C@@]3(C)O)c2=O)cc1OCc1cccc2n[nH]nc12.O=C(O)c1ccsc1C(=O)O. The van der Waals surface area contributed by atoms with Crippen molar-refractivity contribution in [3.05, 3.63) is 96.7 Å². The molecule has 17 nitrogen and oxygen atoms in total. The summed E-state index contributed by atoms with van der Waals surface area (Å²) in [6.07, 6.45) is -1.71. The van der Waals surface area contributed by atoms with E-state index in [1.807, 2.05) is 0 Å². The van der Waals surface area contributed by atoms with Crippen LogP contribution < -0.4 is 20.7 Å². The van der Waals surface area contributed by atoms with Crippen molar-refractivity contribution in [3.63, 3.8) is 0 Å². The Bertz CT molecular complexity index is 2170. The molecule has 4 heterocycles. The zero-order chi connectivity index (χ0) is 36.5. The Balaban J connectivity index is 0.000000377. The van der Waals surface area contributed by atoms with Crippen LogP contribution in [0, 0.1) is 5.82 Å². The topological polar surface area (TPSA) is 249 Å². The molecule has 3 aromatic heterocycles. The minimum Gasteiger partial charge on any atom is -0.493 e. The standard InChI is InChI=1S/C25H26FN5O8.C6H4O4S/c1-24(36)22(34)19(11-32)39-25(24,2)30-8-7-20(33)31(23(30)35)16-10-18(17(37-3)9-14(16)26)38-12-13-5-4-6-15-21(13)28-29-27-15;7-5(8)3-1-2-11-4(3)6(9)10/h4-10,19,22,32,34,36H,11-12H2,1-3H3,(H,27,28,29);1-2H,(H,7,8)(H,9,10)/t19-,22-,24-,25-;/m1./s1. The van der Waals surface area contributed by atoms with Gasteiger partial charge in [-0.25, -0.2) is 23.3 Å². The largest absolute Gasteiger partial charge is 0.493 e. The Morgan fingerprint density at radius 2 is 1.84 bits per heavy atom. The van der Waals surface area contributed by atoms with Crippen LogP contribution in [-0.4, -0.2) is 93.5 Å². The molecule has 0 amide bonds. The number of aromatic carboxylic acids is 2. The summed E-state index contributed by atoms with van der Waals surface area (Å²) in [5, 5.41) is 60.1. The van der Waals surface area contributed by atoms with Gasteiger partial charge in [0, 0.05) is 30.0 Å². The summed E-state index contributed by atoms with van der Waals surface area (Å²) in [7, 11) is 1.31. The molecule has 0 spiro atoms. The third-order valence-corrected chi connectivity index (χ3v) is 9.15. The Morgan fingerprint density at radius 3 is 2.46 bits per heavy atom. The molecule has 264 valence electrons. The number of H-pyrrole nitrogens is 1. The van der Waals surface area contributed by atoms with Gasteiger partial charge in [0.25, 0.3) is 5.56 Å². The molecule has 6 N–H and O–H groups in total. The van der Waals surface area contributed by atoms with Crippen LogP contribution in [-0.2, 0) is 17.1 Å². The van der Waals surface area contributed by atoms with E-state index in [0.29, 0.717) is 21.2 Å². The summed E-state index contributed by atoms with van der Waals surface area (Å²) < 4.78 is 33.5. The highest BCUT2D eigenvalue weighted by Crippen LogP contribution is 2.42. The number of ether oxygens (including phenoxy) is 3. The normalized spacial score (nSPS) is 21.4. The lowest BCUT2D eigenvalue weighted by molar-refractivity contribution is -0.178. The van der Waals surface area contributed by atoms with Crippen molar-refractivity contribution < 1.29 is 53.7 Å². The second-order valence-electron chi connectivity index (χ2n) is 11.2. The number of aromatic nitrogens is 5. The Labute approximate surface area is 284 Å². The monoisotopic (exact) mass is 715 g/mol. The number of nitrogens with one attached hydrogen (secondary N) is 1. The maximum atomic E-state index is 15.3. The quantitative estimate of drug-likeness (QED) is 0.126. The number of carboxylic acids is 2. The number of carboxylic acid groups (broad SMARTS) is 2. The molecule has 0 saturated carbocycles. The number of nitrogens with zero attached hydrogens (tertiary/aromatic N) is 4. The molecule has 0 unspecified atom stereocenters. The molecule has 19 heteroatoms. The van der Waals surface area contributed by atoms with E-state index in [1.165, 1.54) is 32.4 Å². The fourth-order valence-corrected chi connectivity index (χ4v) is 6.11. The van der Waals surface area contributed by atoms with Crippen LogP contribution in [0.2, 0.25) is 0 Å². The average Bonchev–Trinajstić information content (AvgIpc) is 3.81. The number of aromatic amines is 1. The minimum atomic E-state index is -2.07. The molecule has 5 aromatic rings. The molecule has 2 aromatic carbocycles. The van der Waals surface area contributed by atoms with Crippen molar-refractivity contribution in [2.75, 3.05) is 13.7 Å². The van der Waals surface area contributed by atoms with E-state index in [-0.39, 0.29) is 28.5 Å². The predicted molar refractivity (Wildman–Crippen MR) is 172 cm³/mol. The predicted octanol–water partition coefficient (Wildman–Crippen LogP) is 1.32. The van der Waals surface area contributed by atoms with Gasteiger partial charge in [0.05, 0.1) is 25.0 Å². The van der Waals surface area contributed by atoms with Crippen molar-refractivity contribution in [1.29, 1.82) is 0 Å².